The number of para-hydroxylation sites is 1. The van der Waals surface area contributed by atoms with E-state index in [9.17, 15) is 4.79 Å². The molecule has 0 atom stereocenters. The molecule has 0 aliphatic carbocycles. The first-order valence-corrected chi connectivity index (χ1v) is 6.52. The van der Waals surface area contributed by atoms with Crippen molar-refractivity contribution in [2.24, 2.45) is 0 Å². The van der Waals surface area contributed by atoms with Crippen LogP contribution >= 0.6 is 27.3 Å². The van der Waals surface area contributed by atoms with E-state index in [0.29, 0.717) is 20.9 Å². The number of amides is 1. The summed E-state index contributed by atoms with van der Waals surface area (Å²) < 4.78 is 0.709. The molecule has 6 heteroatoms. The van der Waals surface area contributed by atoms with Crippen LogP contribution in [-0.4, -0.2) is 10.9 Å². The number of rotatable bonds is 2. The molecule has 1 amide bonds. The molecule has 3 N–H and O–H groups in total. The predicted octanol–water partition coefficient (Wildman–Crippen LogP) is 3.05. The molecule has 17 heavy (non-hydrogen) atoms. The lowest BCUT2D eigenvalue weighted by Gasteiger charge is -2.06. The van der Waals surface area contributed by atoms with Gasteiger partial charge in [-0.05, 0) is 35.0 Å². The van der Waals surface area contributed by atoms with Crippen LogP contribution in [0.5, 0.6) is 0 Å². The Kier molecular flexibility index (Phi) is 3.44. The summed E-state index contributed by atoms with van der Waals surface area (Å²) in [5, 5.41) is 5.17. The van der Waals surface area contributed by atoms with Crippen molar-refractivity contribution in [3.05, 3.63) is 39.3 Å². The molecular formula is C11H10BrN3OS. The summed E-state index contributed by atoms with van der Waals surface area (Å²) in [5.41, 5.74) is 7.57. The number of nitrogens with one attached hydrogen (secondary N) is 1. The van der Waals surface area contributed by atoms with E-state index in [2.05, 4.69) is 26.2 Å². The number of hydrogen-bond acceptors (Lipinski definition) is 4. The summed E-state index contributed by atoms with van der Waals surface area (Å²) in [6.07, 6.45) is 0. The second kappa shape index (κ2) is 4.85. The number of aryl methyl sites for hydroxylation is 1. The van der Waals surface area contributed by atoms with Crippen LogP contribution in [0.3, 0.4) is 0 Å². The van der Waals surface area contributed by atoms with E-state index >= 15 is 0 Å². The number of anilines is 2. The minimum atomic E-state index is -0.252. The molecule has 0 radical (unpaired) electrons. The Morgan fingerprint density at radius 2 is 2.29 bits per heavy atom. The van der Waals surface area contributed by atoms with Crippen LogP contribution in [0, 0.1) is 6.92 Å². The third kappa shape index (κ3) is 2.65. The predicted molar refractivity (Wildman–Crippen MR) is 73.4 cm³/mol. The Hall–Kier alpha value is -1.40. The maximum Gasteiger partial charge on any atom is 0.259 e. The van der Waals surface area contributed by atoms with Crippen molar-refractivity contribution in [2.75, 3.05) is 11.1 Å². The lowest BCUT2D eigenvalue weighted by Crippen LogP contribution is -2.14. The fraction of sp³-hybridized carbons (Fsp3) is 0.0909. The van der Waals surface area contributed by atoms with Crippen molar-refractivity contribution >= 4 is 44.0 Å². The molecule has 1 heterocycles. The van der Waals surface area contributed by atoms with E-state index in [1.807, 2.05) is 12.3 Å². The average Bonchev–Trinajstić information content (AvgIpc) is 2.68. The smallest absolute Gasteiger partial charge is 0.259 e. The fourth-order valence-corrected chi connectivity index (χ4v) is 2.36. The Morgan fingerprint density at radius 3 is 2.94 bits per heavy atom. The zero-order valence-corrected chi connectivity index (χ0v) is 11.4. The van der Waals surface area contributed by atoms with Gasteiger partial charge in [-0.2, -0.15) is 0 Å². The SMILES string of the molecule is Cc1csc(NC(=O)c2cccc(Br)c2N)n1. The highest BCUT2D eigenvalue weighted by Crippen LogP contribution is 2.24. The van der Waals surface area contributed by atoms with Gasteiger partial charge in [0.15, 0.2) is 5.13 Å². The summed E-state index contributed by atoms with van der Waals surface area (Å²) in [6, 6.07) is 5.23. The van der Waals surface area contributed by atoms with Crippen LogP contribution in [0.2, 0.25) is 0 Å². The number of nitrogens with zero attached hydrogens (tertiary/aromatic N) is 1. The molecule has 88 valence electrons. The van der Waals surface area contributed by atoms with Gasteiger partial charge in [0.05, 0.1) is 16.9 Å². The lowest BCUT2D eigenvalue weighted by molar-refractivity contribution is 0.102. The maximum absolute atomic E-state index is 12.0. The molecule has 1 aromatic heterocycles. The van der Waals surface area contributed by atoms with Crippen molar-refractivity contribution in [3.63, 3.8) is 0 Å². The standard InChI is InChI=1S/C11H10BrN3OS/c1-6-5-17-11(14-6)15-10(16)7-3-2-4-8(12)9(7)13/h2-5H,13H2,1H3,(H,14,15,16). The van der Waals surface area contributed by atoms with Crippen molar-refractivity contribution in [1.29, 1.82) is 0 Å². The van der Waals surface area contributed by atoms with E-state index in [1.165, 1.54) is 11.3 Å². The zero-order valence-electron chi connectivity index (χ0n) is 9.03. The zero-order chi connectivity index (χ0) is 12.4. The van der Waals surface area contributed by atoms with Gasteiger partial charge in [0, 0.05) is 9.85 Å². The van der Waals surface area contributed by atoms with Gasteiger partial charge >= 0.3 is 0 Å². The highest BCUT2D eigenvalue weighted by Gasteiger charge is 2.12. The molecule has 0 unspecified atom stereocenters. The van der Waals surface area contributed by atoms with Crippen LogP contribution in [0.1, 0.15) is 16.1 Å². The van der Waals surface area contributed by atoms with Gasteiger partial charge in [-0.3, -0.25) is 10.1 Å². The Labute approximate surface area is 111 Å². The first-order valence-electron chi connectivity index (χ1n) is 4.85. The second-order valence-electron chi connectivity index (χ2n) is 3.45. The molecule has 0 saturated carbocycles. The average molecular weight is 312 g/mol. The third-order valence-electron chi connectivity index (χ3n) is 2.14. The molecular weight excluding hydrogens is 302 g/mol. The quantitative estimate of drug-likeness (QED) is 0.838. The Bertz CT molecular complexity index is 568. The minimum absolute atomic E-state index is 0.252. The molecule has 0 aliphatic heterocycles. The number of benzene rings is 1. The van der Waals surface area contributed by atoms with E-state index < -0.39 is 0 Å². The molecule has 0 saturated heterocycles. The van der Waals surface area contributed by atoms with Crippen molar-refractivity contribution in [2.45, 2.75) is 6.92 Å². The largest absolute Gasteiger partial charge is 0.397 e. The molecule has 4 nitrogen and oxygen atoms in total. The molecule has 0 fully saturated rings. The van der Waals surface area contributed by atoms with Crippen LogP contribution in [0.25, 0.3) is 0 Å². The minimum Gasteiger partial charge on any atom is -0.397 e. The Balaban J connectivity index is 2.23. The molecule has 0 aliphatic rings. The van der Waals surface area contributed by atoms with E-state index in [0.717, 1.165) is 5.69 Å². The van der Waals surface area contributed by atoms with E-state index in [-0.39, 0.29) is 5.91 Å². The fourth-order valence-electron chi connectivity index (χ4n) is 1.31. The van der Waals surface area contributed by atoms with Crippen molar-refractivity contribution in [1.82, 2.24) is 4.98 Å². The number of aromatic nitrogens is 1. The normalized spacial score (nSPS) is 10.2. The summed E-state index contributed by atoms with van der Waals surface area (Å²) in [7, 11) is 0. The first kappa shape index (κ1) is 12.1. The number of carbonyl (C=O) groups is 1. The van der Waals surface area contributed by atoms with Crippen molar-refractivity contribution in [3.8, 4) is 0 Å². The van der Waals surface area contributed by atoms with Gasteiger partial charge in [-0.15, -0.1) is 11.3 Å². The van der Waals surface area contributed by atoms with Gasteiger partial charge < -0.3 is 5.73 Å². The molecule has 2 aromatic rings. The monoisotopic (exact) mass is 311 g/mol. The number of nitrogen functional groups attached to an aromatic ring is 1. The first-order chi connectivity index (χ1) is 8.08. The third-order valence-corrected chi connectivity index (χ3v) is 3.70. The van der Waals surface area contributed by atoms with Crippen molar-refractivity contribution < 1.29 is 4.79 Å². The molecule has 1 aromatic carbocycles. The summed E-state index contributed by atoms with van der Waals surface area (Å²) in [5.74, 6) is -0.252. The highest BCUT2D eigenvalue weighted by molar-refractivity contribution is 9.10. The molecule has 2 rings (SSSR count). The van der Waals surface area contributed by atoms with E-state index in [1.54, 1.807) is 18.2 Å². The van der Waals surface area contributed by atoms with Gasteiger partial charge in [0.25, 0.3) is 5.91 Å². The van der Waals surface area contributed by atoms with E-state index in [4.69, 9.17) is 5.73 Å². The second-order valence-corrected chi connectivity index (χ2v) is 5.16. The highest BCUT2D eigenvalue weighted by atomic mass is 79.9. The van der Waals surface area contributed by atoms with Gasteiger partial charge in [0.1, 0.15) is 0 Å². The Morgan fingerprint density at radius 1 is 1.53 bits per heavy atom. The van der Waals surface area contributed by atoms with Crippen LogP contribution in [-0.2, 0) is 0 Å². The number of nitrogens with two attached hydrogens (primary N) is 1. The van der Waals surface area contributed by atoms with Crippen LogP contribution < -0.4 is 11.1 Å². The summed E-state index contributed by atoms with van der Waals surface area (Å²) in [6.45, 7) is 1.87. The van der Waals surface area contributed by atoms with Gasteiger partial charge in [-0.25, -0.2) is 4.98 Å². The number of hydrogen-bond donors (Lipinski definition) is 2. The molecule has 0 spiro atoms. The van der Waals surface area contributed by atoms with Gasteiger partial charge in [0.2, 0.25) is 0 Å². The lowest BCUT2D eigenvalue weighted by atomic mass is 10.2. The number of carbonyl (C=O) groups excluding carboxylic acids is 1. The summed E-state index contributed by atoms with van der Waals surface area (Å²) >= 11 is 4.67. The topological polar surface area (TPSA) is 68.0 Å². The molecule has 0 bridgehead atoms. The van der Waals surface area contributed by atoms with Gasteiger partial charge in [-0.1, -0.05) is 6.07 Å². The summed E-state index contributed by atoms with van der Waals surface area (Å²) in [4.78, 5) is 16.1. The number of thiazole rings is 1. The van der Waals surface area contributed by atoms with Crippen LogP contribution in [0.4, 0.5) is 10.8 Å². The maximum atomic E-state index is 12.0. The van der Waals surface area contributed by atoms with Crippen LogP contribution in [0.15, 0.2) is 28.1 Å². The number of halogens is 1.